The number of nitrogens with zero attached hydrogens (tertiary/aromatic N) is 1. The summed E-state index contributed by atoms with van der Waals surface area (Å²) >= 11 is 1.74. The summed E-state index contributed by atoms with van der Waals surface area (Å²) in [5.74, 6) is 0.572. The predicted molar refractivity (Wildman–Crippen MR) is 103 cm³/mol. The zero-order chi connectivity index (χ0) is 15.1. The minimum Gasteiger partial charge on any atom is -0.356 e. The lowest BCUT2D eigenvalue weighted by molar-refractivity contribution is 0.625. The first-order valence-electron chi connectivity index (χ1n) is 6.91. The monoisotopic (exact) mass is 433 g/mol. The molecule has 120 valence electrons. The Labute approximate surface area is 152 Å². The number of guanidine groups is 1. The molecule has 6 heteroatoms. The van der Waals surface area contributed by atoms with Gasteiger partial charge in [-0.1, -0.05) is 12.1 Å². The summed E-state index contributed by atoms with van der Waals surface area (Å²) in [5.41, 5.74) is 2.27. The number of aryl methyl sites for hydroxylation is 1. The van der Waals surface area contributed by atoms with Crippen LogP contribution in [-0.4, -0.2) is 19.6 Å². The summed E-state index contributed by atoms with van der Waals surface area (Å²) in [6.07, 6.45) is 0.760. The lowest BCUT2D eigenvalue weighted by Gasteiger charge is -2.11. The fourth-order valence-corrected chi connectivity index (χ4v) is 2.83. The molecular formula is C16H21FIN3S. The Morgan fingerprint density at radius 3 is 2.73 bits per heavy atom. The van der Waals surface area contributed by atoms with Crippen molar-refractivity contribution in [3.63, 3.8) is 0 Å². The van der Waals surface area contributed by atoms with Crippen LogP contribution in [0.2, 0.25) is 0 Å². The smallest absolute Gasteiger partial charge is 0.191 e. The maximum atomic E-state index is 13.1. The molecule has 0 aliphatic carbocycles. The molecule has 2 aromatic rings. The summed E-state index contributed by atoms with van der Waals surface area (Å²) in [5, 5.41) is 8.62. The predicted octanol–water partition coefficient (Wildman–Crippen LogP) is 3.72. The van der Waals surface area contributed by atoms with Gasteiger partial charge in [0.2, 0.25) is 0 Å². The van der Waals surface area contributed by atoms with Gasteiger partial charge in [-0.25, -0.2) is 4.39 Å². The van der Waals surface area contributed by atoms with E-state index in [0.29, 0.717) is 6.54 Å². The van der Waals surface area contributed by atoms with Gasteiger partial charge in [-0.15, -0.1) is 35.3 Å². The molecule has 2 N–H and O–H groups in total. The average molecular weight is 433 g/mol. The van der Waals surface area contributed by atoms with E-state index >= 15 is 0 Å². The van der Waals surface area contributed by atoms with Crippen molar-refractivity contribution < 1.29 is 4.39 Å². The van der Waals surface area contributed by atoms with Crippen LogP contribution in [0.1, 0.15) is 16.0 Å². The number of thiophene rings is 1. The normalized spacial score (nSPS) is 11.0. The number of nitrogens with one attached hydrogen (secondary N) is 2. The molecule has 1 aromatic carbocycles. The van der Waals surface area contributed by atoms with Gasteiger partial charge in [0, 0.05) is 18.5 Å². The molecule has 3 nitrogen and oxygen atoms in total. The van der Waals surface area contributed by atoms with Crippen molar-refractivity contribution in [1.29, 1.82) is 0 Å². The minimum absolute atomic E-state index is 0. The van der Waals surface area contributed by atoms with Gasteiger partial charge in [0.15, 0.2) is 5.96 Å². The first-order chi connectivity index (χ1) is 10.2. The lowest BCUT2D eigenvalue weighted by Crippen LogP contribution is -2.37. The van der Waals surface area contributed by atoms with E-state index in [1.807, 2.05) is 6.07 Å². The molecule has 1 aromatic heterocycles. The first kappa shape index (κ1) is 18.9. The number of aliphatic imine (C=N–C) groups is 1. The van der Waals surface area contributed by atoms with Gasteiger partial charge < -0.3 is 10.6 Å². The van der Waals surface area contributed by atoms with Crippen LogP contribution in [0.15, 0.2) is 40.7 Å². The van der Waals surface area contributed by atoms with Gasteiger partial charge in [-0.05, 0) is 48.1 Å². The van der Waals surface area contributed by atoms with Crippen LogP contribution in [0.3, 0.4) is 0 Å². The fraction of sp³-hybridized carbons (Fsp3) is 0.312. The maximum absolute atomic E-state index is 13.1. The molecular weight excluding hydrogens is 412 g/mol. The highest BCUT2D eigenvalue weighted by atomic mass is 127. The van der Waals surface area contributed by atoms with Crippen molar-refractivity contribution in [1.82, 2.24) is 10.6 Å². The molecule has 1 heterocycles. The summed E-state index contributed by atoms with van der Waals surface area (Å²) in [4.78, 5) is 5.50. The molecule has 0 atom stereocenters. The molecule has 22 heavy (non-hydrogen) atoms. The Kier molecular flexibility index (Phi) is 8.40. The summed E-state index contributed by atoms with van der Waals surface area (Å²) in [6.45, 7) is 3.59. The summed E-state index contributed by atoms with van der Waals surface area (Å²) in [7, 11) is 1.75. The molecule has 0 spiro atoms. The van der Waals surface area contributed by atoms with E-state index < -0.39 is 0 Å². The van der Waals surface area contributed by atoms with Gasteiger partial charge in [0.25, 0.3) is 0 Å². The number of rotatable bonds is 5. The number of hydrogen-bond acceptors (Lipinski definition) is 2. The molecule has 0 aliphatic rings. The van der Waals surface area contributed by atoms with Crippen LogP contribution in [0.25, 0.3) is 0 Å². The molecule has 0 unspecified atom stereocenters. The highest BCUT2D eigenvalue weighted by Gasteiger charge is 2.02. The van der Waals surface area contributed by atoms with Crippen LogP contribution in [-0.2, 0) is 13.0 Å². The van der Waals surface area contributed by atoms with Crippen molar-refractivity contribution in [2.75, 3.05) is 13.6 Å². The Hall–Kier alpha value is -1.15. The highest BCUT2D eigenvalue weighted by Crippen LogP contribution is 2.14. The van der Waals surface area contributed by atoms with E-state index in [-0.39, 0.29) is 29.8 Å². The average Bonchev–Trinajstić information content (AvgIpc) is 2.88. The maximum Gasteiger partial charge on any atom is 0.191 e. The molecule has 2 rings (SSSR count). The fourth-order valence-electron chi connectivity index (χ4n) is 1.99. The van der Waals surface area contributed by atoms with Crippen molar-refractivity contribution >= 4 is 41.3 Å². The number of benzene rings is 1. The largest absolute Gasteiger partial charge is 0.356 e. The highest BCUT2D eigenvalue weighted by molar-refractivity contribution is 14.0. The van der Waals surface area contributed by atoms with Gasteiger partial charge in [0.05, 0.1) is 6.54 Å². The van der Waals surface area contributed by atoms with Crippen molar-refractivity contribution in [2.24, 2.45) is 4.99 Å². The van der Waals surface area contributed by atoms with E-state index in [1.165, 1.54) is 16.5 Å². The lowest BCUT2D eigenvalue weighted by atomic mass is 10.1. The van der Waals surface area contributed by atoms with Crippen molar-refractivity contribution in [2.45, 2.75) is 19.9 Å². The van der Waals surface area contributed by atoms with Crippen LogP contribution >= 0.6 is 35.3 Å². The van der Waals surface area contributed by atoms with Gasteiger partial charge in [0.1, 0.15) is 5.82 Å². The Bertz CT molecular complexity index is 613. The molecule has 0 amide bonds. The van der Waals surface area contributed by atoms with E-state index in [9.17, 15) is 4.39 Å². The molecule has 0 aliphatic heterocycles. The zero-order valence-corrected chi connectivity index (χ0v) is 15.9. The Balaban J connectivity index is 0.00000242. The van der Waals surface area contributed by atoms with E-state index in [1.54, 1.807) is 30.5 Å². The molecule has 0 bridgehead atoms. The molecule has 0 saturated carbocycles. The summed E-state index contributed by atoms with van der Waals surface area (Å²) in [6, 6.07) is 8.79. The van der Waals surface area contributed by atoms with Crippen molar-refractivity contribution in [3.8, 4) is 0 Å². The second-order valence-corrected chi connectivity index (χ2v) is 5.76. The quantitative estimate of drug-likeness (QED) is 0.429. The molecule has 0 saturated heterocycles. The SMILES string of the molecule is CN=C(NCCc1cccc(F)c1)NCc1sccc1C.I. The second-order valence-electron chi connectivity index (χ2n) is 4.76. The van der Waals surface area contributed by atoms with E-state index in [2.05, 4.69) is 34.0 Å². The third kappa shape index (κ3) is 5.92. The van der Waals surface area contributed by atoms with Gasteiger partial charge >= 0.3 is 0 Å². The molecule has 0 fully saturated rings. The minimum atomic E-state index is -0.192. The Morgan fingerprint density at radius 1 is 1.27 bits per heavy atom. The number of halogens is 2. The van der Waals surface area contributed by atoms with Crippen LogP contribution < -0.4 is 10.6 Å². The van der Waals surface area contributed by atoms with E-state index in [0.717, 1.165) is 24.5 Å². The van der Waals surface area contributed by atoms with Crippen LogP contribution in [0, 0.1) is 12.7 Å². The third-order valence-electron chi connectivity index (χ3n) is 3.20. The first-order valence-corrected chi connectivity index (χ1v) is 7.79. The van der Waals surface area contributed by atoms with Gasteiger partial charge in [-0.3, -0.25) is 4.99 Å². The second kappa shape index (κ2) is 9.78. The van der Waals surface area contributed by atoms with Crippen LogP contribution in [0.4, 0.5) is 4.39 Å². The zero-order valence-electron chi connectivity index (χ0n) is 12.7. The van der Waals surface area contributed by atoms with Crippen molar-refractivity contribution in [3.05, 3.63) is 57.5 Å². The van der Waals surface area contributed by atoms with Crippen LogP contribution in [0.5, 0.6) is 0 Å². The Morgan fingerprint density at radius 2 is 2.09 bits per heavy atom. The summed E-state index contributed by atoms with van der Waals surface area (Å²) < 4.78 is 13.1. The topological polar surface area (TPSA) is 36.4 Å². The number of hydrogen-bond donors (Lipinski definition) is 2. The standard InChI is InChI=1S/C16H20FN3S.HI/c1-12-7-9-21-15(12)11-20-16(18-2)19-8-6-13-4-3-5-14(17)10-13;/h3-5,7,9-10H,6,8,11H2,1-2H3,(H2,18,19,20);1H. The van der Waals surface area contributed by atoms with Gasteiger partial charge in [-0.2, -0.15) is 0 Å². The third-order valence-corrected chi connectivity index (χ3v) is 4.23. The van der Waals surface area contributed by atoms with E-state index in [4.69, 9.17) is 0 Å². The molecule has 0 radical (unpaired) electrons.